The molecule has 0 atom stereocenters. The number of nitrogens with zero attached hydrogens (tertiary/aromatic N) is 1. The topological polar surface area (TPSA) is 12.9 Å². The van der Waals surface area contributed by atoms with Gasteiger partial charge in [0.25, 0.3) is 0 Å². The number of halogens is 1. The molecule has 0 saturated carbocycles. The molecule has 1 aromatic heterocycles. The van der Waals surface area contributed by atoms with Crippen molar-refractivity contribution in [1.82, 2.24) is 4.98 Å². The highest BCUT2D eigenvalue weighted by molar-refractivity contribution is 14.1. The molecule has 0 aliphatic rings. The van der Waals surface area contributed by atoms with E-state index in [-0.39, 0.29) is 0 Å². The van der Waals surface area contributed by atoms with Gasteiger partial charge in [0.1, 0.15) is 0 Å². The molecule has 3 aromatic rings. The highest BCUT2D eigenvalue weighted by Crippen LogP contribution is 2.25. The maximum atomic E-state index is 4.75. The fourth-order valence-corrected chi connectivity index (χ4v) is 2.77. The van der Waals surface area contributed by atoms with E-state index in [1.54, 1.807) is 0 Å². The Kier molecular flexibility index (Phi) is 3.28. The second kappa shape index (κ2) is 5.06. The van der Waals surface area contributed by atoms with Gasteiger partial charge in [-0.1, -0.05) is 71.1 Å². The first-order chi connectivity index (χ1) is 8.88. The number of fused-ring (bicyclic) bond motifs is 1. The molecule has 0 fully saturated rings. The van der Waals surface area contributed by atoms with Gasteiger partial charge in [0.15, 0.2) is 0 Å². The molecule has 2 aromatic carbocycles. The van der Waals surface area contributed by atoms with Crippen LogP contribution in [0, 0.1) is 0 Å². The summed E-state index contributed by atoms with van der Waals surface area (Å²) in [6.07, 6.45) is 0. The molecule has 0 spiro atoms. The van der Waals surface area contributed by atoms with Gasteiger partial charge in [-0.25, -0.2) is 4.98 Å². The third kappa shape index (κ3) is 2.12. The Morgan fingerprint density at radius 3 is 2.50 bits per heavy atom. The molecule has 0 amide bonds. The Morgan fingerprint density at radius 1 is 0.833 bits per heavy atom. The standard InChI is InChI=1S/C16H12IN/c17-11-13-6-1-3-7-14(13)16-10-9-12-5-2-4-8-15(12)18-16/h1-10H,11H2. The number of benzene rings is 2. The van der Waals surface area contributed by atoms with Crippen molar-refractivity contribution < 1.29 is 0 Å². The number of alkyl halides is 1. The number of para-hydroxylation sites is 1. The Balaban J connectivity index is 2.19. The van der Waals surface area contributed by atoms with E-state index in [4.69, 9.17) is 4.98 Å². The fourth-order valence-electron chi connectivity index (χ4n) is 2.10. The van der Waals surface area contributed by atoms with E-state index < -0.39 is 0 Å². The smallest absolute Gasteiger partial charge is 0.0712 e. The summed E-state index contributed by atoms with van der Waals surface area (Å²) in [5.41, 5.74) is 4.68. The number of hydrogen-bond donors (Lipinski definition) is 0. The van der Waals surface area contributed by atoms with E-state index in [0.717, 1.165) is 15.6 Å². The average molecular weight is 345 g/mol. The van der Waals surface area contributed by atoms with E-state index >= 15 is 0 Å². The lowest BCUT2D eigenvalue weighted by Crippen LogP contribution is -1.89. The molecule has 1 heterocycles. The van der Waals surface area contributed by atoms with Gasteiger partial charge in [0.2, 0.25) is 0 Å². The molecular weight excluding hydrogens is 333 g/mol. The van der Waals surface area contributed by atoms with Crippen LogP contribution in [0.25, 0.3) is 22.2 Å². The van der Waals surface area contributed by atoms with E-state index in [0.29, 0.717) is 0 Å². The van der Waals surface area contributed by atoms with Crippen LogP contribution >= 0.6 is 22.6 Å². The molecule has 18 heavy (non-hydrogen) atoms. The lowest BCUT2D eigenvalue weighted by atomic mass is 10.0. The molecule has 2 heteroatoms. The SMILES string of the molecule is ICc1ccccc1-c1ccc2ccccc2n1. The zero-order chi connectivity index (χ0) is 12.4. The van der Waals surface area contributed by atoms with Crippen molar-refractivity contribution in [3.8, 4) is 11.3 Å². The van der Waals surface area contributed by atoms with Gasteiger partial charge in [-0.15, -0.1) is 0 Å². The number of aromatic nitrogens is 1. The molecule has 1 nitrogen and oxygen atoms in total. The van der Waals surface area contributed by atoms with Crippen LogP contribution in [0.15, 0.2) is 60.7 Å². The second-order valence-corrected chi connectivity index (χ2v) is 4.94. The van der Waals surface area contributed by atoms with Gasteiger partial charge in [-0.3, -0.25) is 0 Å². The molecule has 88 valence electrons. The highest BCUT2D eigenvalue weighted by atomic mass is 127. The van der Waals surface area contributed by atoms with Crippen LogP contribution in [0.1, 0.15) is 5.56 Å². The Hall–Kier alpha value is -1.42. The summed E-state index contributed by atoms with van der Waals surface area (Å²) in [5, 5.41) is 1.19. The lowest BCUT2D eigenvalue weighted by Gasteiger charge is -2.07. The van der Waals surface area contributed by atoms with Crippen LogP contribution < -0.4 is 0 Å². The van der Waals surface area contributed by atoms with Crippen LogP contribution in [-0.2, 0) is 4.43 Å². The Bertz CT molecular complexity index is 691. The van der Waals surface area contributed by atoms with Crippen LogP contribution in [0.5, 0.6) is 0 Å². The summed E-state index contributed by atoms with van der Waals surface area (Å²) in [4.78, 5) is 4.75. The van der Waals surface area contributed by atoms with Crippen molar-refractivity contribution in [2.24, 2.45) is 0 Å². The maximum Gasteiger partial charge on any atom is 0.0712 e. The summed E-state index contributed by atoms with van der Waals surface area (Å²) < 4.78 is 1.00. The fraction of sp³-hybridized carbons (Fsp3) is 0.0625. The Labute approximate surface area is 120 Å². The minimum Gasteiger partial charge on any atom is -0.248 e. The monoisotopic (exact) mass is 345 g/mol. The summed E-state index contributed by atoms with van der Waals surface area (Å²) in [7, 11) is 0. The largest absolute Gasteiger partial charge is 0.248 e. The number of rotatable bonds is 2. The third-order valence-electron chi connectivity index (χ3n) is 3.04. The maximum absolute atomic E-state index is 4.75. The summed E-state index contributed by atoms with van der Waals surface area (Å²) in [6.45, 7) is 0. The first kappa shape index (κ1) is 11.7. The van der Waals surface area contributed by atoms with Gasteiger partial charge in [0, 0.05) is 15.4 Å². The van der Waals surface area contributed by atoms with Gasteiger partial charge in [-0.2, -0.15) is 0 Å². The zero-order valence-electron chi connectivity index (χ0n) is 9.81. The molecular formula is C16H12IN. The predicted molar refractivity (Wildman–Crippen MR) is 84.9 cm³/mol. The molecule has 0 bridgehead atoms. The normalized spacial score (nSPS) is 10.7. The van der Waals surface area contributed by atoms with E-state index in [1.807, 2.05) is 12.1 Å². The quantitative estimate of drug-likeness (QED) is 0.479. The predicted octanol–water partition coefficient (Wildman–Crippen LogP) is 4.84. The van der Waals surface area contributed by atoms with Gasteiger partial charge in [0.05, 0.1) is 11.2 Å². The molecule has 0 unspecified atom stereocenters. The minimum absolute atomic E-state index is 1.00. The van der Waals surface area contributed by atoms with Gasteiger partial charge in [-0.05, 0) is 17.7 Å². The summed E-state index contributed by atoms with van der Waals surface area (Å²) in [6, 6.07) is 20.9. The third-order valence-corrected chi connectivity index (χ3v) is 3.86. The van der Waals surface area contributed by atoms with Crippen LogP contribution in [0.3, 0.4) is 0 Å². The molecule has 0 N–H and O–H groups in total. The van der Waals surface area contributed by atoms with Crippen molar-refractivity contribution in [2.45, 2.75) is 4.43 Å². The Morgan fingerprint density at radius 2 is 1.61 bits per heavy atom. The van der Waals surface area contributed by atoms with Crippen molar-refractivity contribution in [3.63, 3.8) is 0 Å². The van der Waals surface area contributed by atoms with Crippen molar-refractivity contribution in [3.05, 3.63) is 66.2 Å². The molecule has 3 rings (SSSR count). The van der Waals surface area contributed by atoms with Gasteiger partial charge < -0.3 is 0 Å². The second-order valence-electron chi connectivity index (χ2n) is 4.18. The first-order valence-electron chi connectivity index (χ1n) is 5.88. The summed E-state index contributed by atoms with van der Waals surface area (Å²) >= 11 is 2.40. The summed E-state index contributed by atoms with van der Waals surface area (Å²) in [5.74, 6) is 0. The van der Waals surface area contributed by atoms with Crippen LogP contribution in [0.2, 0.25) is 0 Å². The number of hydrogen-bond acceptors (Lipinski definition) is 1. The van der Waals surface area contributed by atoms with E-state index in [2.05, 4.69) is 71.1 Å². The number of pyridine rings is 1. The molecule has 0 aliphatic heterocycles. The van der Waals surface area contributed by atoms with E-state index in [1.165, 1.54) is 16.5 Å². The first-order valence-corrected chi connectivity index (χ1v) is 7.41. The zero-order valence-corrected chi connectivity index (χ0v) is 12.0. The average Bonchev–Trinajstić information content (AvgIpc) is 2.46. The van der Waals surface area contributed by atoms with Crippen molar-refractivity contribution >= 4 is 33.5 Å². The molecule has 0 aliphatic carbocycles. The van der Waals surface area contributed by atoms with Crippen molar-refractivity contribution in [2.75, 3.05) is 0 Å². The van der Waals surface area contributed by atoms with Crippen molar-refractivity contribution in [1.29, 1.82) is 0 Å². The molecule has 0 saturated heterocycles. The van der Waals surface area contributed by atoms with E-state index in [9.17, 15) is 0 Å². The van der Waals surface area contributed by atoms with Crippen LogP contribution in [0.4, 0.5) is 0 Å². The van der Waals surface area contributed by atoms with Gasteiger partial charge >= 0.3 is 0 Å². The lowest BCUT2D eigenvalue weighted by molar-refractivity contribution is 1.36. The highest BCUT2D eigenvalue weighted by Gasteiger charge is 2.05. The minimum atomic E-state index is 1.00. The van der Waals surface area contributed by atoms with Crippen LogP contribution in [-0.4, -0.2) is 4.98 Å². The molecule has 0 radical (unpaired) electrons.